The van der Waals surface area contributed by atoms with E-state index in [2.05, 4.69) is 16.9 Å². The molecule has 0 aliphatic rings. The Morgan fingerprint density at radius 3 is 2.50 bits per heavy atom. The maximum Gasteiger partial charge on any atom is 0.142 e. The van der Waals surface area contributed by atoms with E-state index in [0.29, 0.717) is 22.7 Å². The fraction of sp³-hybridized carbons (Fsp3) is 0.286. The van der Waals surface area contributed by atoms with Gasteiger partial charge in [0.15, 0.2) is 0 Å². The van der Waals surface area contributed by atoms with Crippen LogP contribution in [0.2, 0.25) is 10.3 Å². The lowest BCUT2D eigenvalue weighted by molar-refractivity contribution is 0.628. The zero-order valence-corrected chi connectivity index (χ0v) is 13.2. The quantitative estimate of drug-likeness (QED) is 0.554. The topological polar surface area (TPSA) is 25.8 Å². The van der Waals surface area contributed by atoms with Crippen LogP contribution < -0.4 is 0 Å². The van der Waals surface area contributed by atoms with E-state index in [0.717, 1.165) is 12.2 Å². The highest BCUT2D eigenvalue weighted by Gasteiger charge is 2.14. The Balaban J connectivity index is 2.31. The van der Waals surface area contributed by atoms with Crippen molar-refractivity contribution in [3.05, 3.63) is 46.2 Å². The van der Waals surface area contributed by atoms with Crippen molar-refractivity contribution < 1.29 is 4.39 Å². The summed E-state index contributed by atoms with van der Waals surface area (Å²) in [7, 11) is 0. The molecule has 0 saturated carbocycles. The van der Waals surface area contributed by atoms with E-state index in [1.807, 2.05) is 0 Å². The first-order chi connectivity index (χ1) is 9.61. The summed E-state index contributed by atoms with van der Waals surface area (Å²) in [5.74, 6) is 1.94. The molecule has 0 N–H and O–H groups in total. The maximum absolute atomic E-state index is 13.3. The summed E-state index contributed by atoms with van der Waals surface area (Å²) in [6.45, 7) is 2.11. The molecule has 0 aliphatic carbocycles. The molecular formula is C14H13Cl2FN2S. The normalized spacial score (nSPS) is 10.8. The fourth-order valence-corrected chi connectivity index (χ4v) is 3.09. The number of rotatable bonds is 5. The SMILES string of the molecule is CCCSCc1nc(Cl)c(-c2cccc(F)c2)c(Cl)n1. The van der Waals surface area contributed by atoms with Crippen molar-refractivity contribution in [3.8, 4) is 11.1 Å². The maximum atomic E-state index is 13.3. The van der Waals surface area contributed by atoms with Gasteiger partial charge in [-0.3, -0.25) is 0 Å². The summed E-state index contributed by atoms with van der Waals surface area (Å²) in [4.78, 5) is 8.48. The van der Waals surface area contributed by atoms with Gasteiger partial charge < -0.3 is 0 Å². The van der Waals surface area contributed by atoms with Crippen molar-refractivity contribution in [2.24, 2.45) is 0 Å². The second-order valence-electron chi connectivity index (χ2n) is 4.16. The van der Waals surface area contributed by atoms with Crippen LogP contribution in [0.4, 0.5) is 4.39 Å². The average Bonchev–Trinajstić information content (AvgIpc) is 2.38. The summed E-state index contributed by atoms with van der Waals surface area (Å²) in [5, 5.41) is 0.505. The molecule has 0 bridgehead atoms. The Hall–Kier alpha value is -0.840. The molecule has 0 amide bonds. The number of thioether (sulfide) groups is 1. The van der Waals surface area contributed by atoms with Crippen molar-refractivity contribution in [1.29, 1.82) is 0 Å². The van der Waals surface area contributed by atoms with Gasteiger partial charge in [0, 0.05) is 0 Å². The van der Waals surface area contributed by atoms with Gasteiger partial charge in [0.25, 0.3) is 0 Å². The van der Waals surface area contributed by atoms with Gasteiger partial charge in [0.1, 0.15) is 21.9 Å². The molecule has 6 heteroatoms. The number of halogens is 3. The molecule has 1 heterocycles. The number of hydrogen-bond donors (Lipinski definition) is 0. The minimum atomic E-state index is -0.350. The van der Waals surface area contributed by atoms with Crippen molar-refractivity contribution in [2.75, 3.05) is 5.75 Å². The molecule has 0 atom stereocenters. The van der Waals surface area contributed by atoms with Gasteiger partial charge in [-0.25, -0.2) is 14.4 Å². The van der Waals surface area contributed by atoms with Gasteiger partial charge in [-0.2, -0.15) is 11.8 Å². The summed E-state index contributed by atoms with van der Waals surface area (Å²) in [6.07, 6.45) is 1.09. The van der Waals surface area contributed by atoms with Gasteiger partial charge in [0.2, 0.25) is 0 Å². The number of benzene rings is 1. The summed E-state index contributed by atoms with van der Waals surface area (Å²) >= 11 is 14.1. The number of nitrogens with zero attached hydrogens (tertiary/aromatic N) is 2. The highest BCUT2D eigenvalue weighted by Crippen LogP contribution is 2.33. The van der Waals surface area contributed by atoms with E-state index < -0.39 is 0 Å². The van der Waals surface area contributed by atoms with Crippen LogP contribution in [0.25, 0.3) is 11.1 Å². The Labute approximate surface area is 131 Å². The van der Waals surface area contributed by atoms with E-state index in [1.54, 1.807) is 23.9 Å². The summed E-state index contributed by atoms with van der Waals surface area (Å²) in [6, 6.07) is 6.05. The largest absolute Gasteiger partial charge is 0.220 e. The van der Waals surface area contributed by atoms with Crippen LogP contribution >= 0.6 is 35.0 Å². The molecule has 1 aromatic heterocycles. The predicted octanol–water partition coefficient (Wildman–Crippen LogP) is 5.23. The minimum Gasteiger partial charge on any atom is -0.220 e. The standard InChI is InChI=1S/C14H13Cl2FN2S/c1-2-6-20-8-11-18-13(15)12(14(16)19-11)9-4-3-5-10(17)7-9/h3-5,7H,2,6,8H2,1H3. The third-order valence-corrected chi connectivity index (χ3v) is 4.27. The smallest absolute Gasteiger partial charge is 0.142 e. The van der Waals surface area contributed by atoms with Crippen molar-refractivity contribution >= 4 is 35.0 Å². The molecule has 2 aromatic rings. The van der Waals surface area contributed by atoms with Crippen LogP contribution in [-0.2, 0) is 5.75 Å². The van der Waals surface area contributed by atoms with Crippen LogP contribution in [0.5, 0.6) is 0 Å². The third kappa shape index (κ3) is 3.84. The summed E-state index contributed by atoms with van der Waals surface area (Å²) < 4.78 is 13.3. The van der Waals surface area contributed by atoms with Crippen molar-refractivity contribution in [2.45, 2.75) is 19.1 Å². The van der Waals surface area contributed by atoms with Gasteiger partial charge in [-0.1, -0.05) is 42.3 Å². The first kappa shape index (κ1) is 15.5. The monoisotopic (exact) mass is 330 g/mol. The van der Waals surface area contributed by atoms with Crippen LogP contribution in [0.1, 0.15) is 19.2 Å². The fourth-order valence-electron chi connectivity index (χ4n) is 1.70. The van der Waals surface area contributed by atoms with E-state index >= 15 is 0 Å². The molecule has 2 rings (SSSR count). The van der Waals surface area contributed by atoms with Crippen LogP contribution in [-0.4, -0.2) is 15.7 Å². The molecule has 0 fully saturated rings. The molecule has 0 unspecified atom stereocenters. The average molecular weight is 331 g/mol. The summed E-state index contributed by atoms with van der Waals surface area (Å²) in [5.41, 5.74) is 1.05. The van der Waals surface area contributed by atoms with Gasteiger partial charge in [-0.15, -0.1) is 0 Å². The van der Waals surface area contributed by atoms with Crippen molar-refractivity contribution in [3.63, 3.8) is 0 Å². The highest BCUT2D eigenvalue weighted by atomic mass is 35.5. The minimum absolute atomic E-state index is 0.252. The van der Waals surface area contributed by atoms with E-state index in [9.17, 15) is 4.39 Å². The first-order valence-electron chi connectivity index (χ1n) is 6.17. The molecule has 0 radical (unpaired) electrons. The van der Waals surface area contributed by atoms with Gasteiger partial charge in [0.05, 0.1) is 11.3 Å². The van der Waals surface area contributed by atoms with Crippen LogP contribution in [0, 0.1) is 5.82 Å². The molecule has 20 heavy (non-hydrogen) atoms. The van der Waals surface area contributed by atoms with Crippen molar-refractivity contribution in [1.82, 2.24) is 9.97 Å². The number of aromatic nitrogens is 2. The lowest BCUT2D eigenvalue weighted by Crippen LogP contribution is -1.97. The van der Waals surface area contributed by atoms with Crippen LogP contribution in [0.3, 0.4) is 0 Å². The molecule has 0 saturated heterocycles. The van der Waals surface area contributed by atoms with E-state index in [-0.39, 0.29) is 16.1 Å². The third-order valence-electron chi connectivity index (χ3n) is 2.56. The lowest BCUT2D eigenvalue weighted by atomic mass is 10.1. The molecule has 106 valence electrons. The number of hydrogen-bond acceptors (Lipinski definition) is 3. The Morgan fingerprint density at radius 2 is 1.90 bits per heavy atom. The molecular weight excluding hydrogens is 318 g/mol. The Bertz CT molecular complexity index is 584. The lowest BCUT2D eigenvalue weighted by Gasteiger charge is -2.08. The zero-order valence-electron chi connectivity index (χ0n) is 10.9. The predicted molar refractivity (Wildman–Crippen MR) is 83.9 cm³/mol. The molecule has 1 aromatic carbocycles. The first-order valence-corrected chi connectivity index (χ1v) is 8.08. The Kier molecular flexibility index (Phi) is 5.64. The van der Waals surface area contributed by atoms with Gasteiger partial charge >= 0.3 is 0 Å². The molecule has 0 aliphatic heterocycles. The Morgan fingerprint density at radius 1 is 1.20 bits per heavy atom. The molecule has 2 nitrogen and oxygen atoms in total. The van der Waals surface area contributed by atoms with Crippen LogP contribution in [0.15, 0.2) is 24.3 Å². The van der Waals surface area contributed by atoms with Gasteiger partial charge in [-0.05, 0) is 29.9 Å². The second kappa shape index (κ2) is 7.25. The second-order valence-corrected chi connectivity index (χ2v) is 5.98. The zero-order chi connectivity index (χ0) is 14.5. The van der Waals surface area contributed by atoms with E-state index in [4.69, 9.17) is 23.2 Å². The van der Waals surface area contributed by atoms with E-state index in [1.165, 1.54) is 12.1 Å². The molecule has 0 spiro atoms. The highest BCUT2D eigenvalue weighted by molar-refractivity contribution is 7.98.